The van der Waals surface area contributed by atoms with E-state index in [1.807, 2.05) is 0 Å². The smallest absolute Gasteiger partial charge is 0.253 e. The van der Waals surface area contributed by atoms with Crippen molar-refractivity contribution in [3.8, 4) is 5.75 Å². The Labute approximate surface area is 151 Å². The lowest BCUT2D eigenvalue weighted by atomic mass is 10.1. The molecule has 0 heterocycles. The van der Waals surface area contributed by atoms with Crippen LogP contribution in [-0.4, -0.2) is 30.9 Å². The molecule has 1 fully saturated rings. The van der Waals surface area contributed by atoms with Crippen LogP contribution in [0.5, 0.6) is 5.75 Å². The summed E-state index contributed by atoms with van der Waals surface area (Å²) in [5.41, 5.74) is 1.86. The van der Waals surface area contributed by atoms with Crippen LogP contribution in [-0.2, 0) is 11.3 Å². The van der Waals surface area contributed by atoms with Crippen molar-refractivity contribution in [1.29, 1.82) is 0 Å². The van der Waals surface area contributed by atoms with E-state index in [-0.39, 0.29) is 30.0 Å². The zero-order chi connectivity index (χ0) is 18.7. The summed E-state index contributed by atoms with van der Waals surface area (Å²) < 4.78 is 18.7. The van der Waals surface area contributed by atoms with Crippen LogP contribution >= 0.6 is 0 Å². The molecular formula is C20H21FN2O3. The lowest BCUT2D eigenvalue weighted by molar-refractivity contribution is -0.117. The van der Waals surface area contributed by atoms with Crippen molar-refractivity contribution in [3.63, 3.8) is 0 Å². The highest BCUT2D eigenvalue weighted by Gasteiger charge is 2.29. The van der Waals surface area contributed by atoms with Gasteiger partial charge in [0.25, 0.3) is 5.91 Å². The number of hydrogen-bond acceptors (Lipinski definition) is 3. The van der Waals surface area contributed by atoms with Crippen LogP contribution in [0, 0.1) is 11.7 Å². The van der Waals surface area contributed by atoms with Crippen LogP contribution in [0.3, 0.4) is 0 Å². The zero-order valence-electron chi connectivity index (χ0n) is 14.8. The van der Waals surface area contributed by atoms with Gasteiger partial charge in [-0.1, -0.05) is 6.07 Å². The van der Waals surface area contributed by atoms with Gasteiger partial charge in [0.15, 0.2) is 11.6 Å². The van der Waals surface area contributed by atoms with Crippen molar-refractivity contribution in [2.75, 3.05) is 19.5 Å². The van der Waals surface area contributed by atoms with Gasteiger partial charge in [0.2, 0.25) is 5.91 Å². The Morgan fingerprint density at radius 3 is 2.46 bits per heavy atom. The fourth-order valence-corrected chi connectivity index (χ4v) is 2.66. The number of rotatable bonds is 6. The second-order valence-corrected chi connectivity index (χ2v) is 6.47. The topological polar surface area (TPSA) is 58.6 Å². The van der Waals surface area contributed by atoms with Crippen molar-refractivity contribution in [3.05, 3.63) is 59.4 Å². The van der Waals surface area contributed by atoms with Crippen molar-refractivity contribution >= 4 is 17.5 Å². The number of benzene rings is 2. The van der Waals surface area contributed by atoms with Gasteiger partial charge in [-0.15, -0.1) is 0 Å². The van der Waals surface area contributed by atoms with Crippen LogP contribution in [0.2, 0.25) is 0 Å². The largest absolute Gasteiger partial charge is 0.494 e. The van der Waals surface area contributed by atoms with E-state index in [9.17, 15) is 14.0 Å². The Morgan fingerprint density at radius 1 is 1.19 bits per heavy atom. The van der Waals surface area contributed by atoms with E-state index in [0.717, 1.165) is 12.8 Å². The number of ether oxygens (including phenoxy) is 1. The molecule has 0 unspecified atom stereocenters. The lowest BCUT2D eigenvalue weighted by Gasteiger charge is -2.18. The van der Waals surface area contributed by atoms with Gasteiger partial charge in [-0.2, -0.15) is 0 Å². The first-order valence-corrected chi connectivity index (χ1v) is 8.46. The molecular weight excluding hydrogens is 335 g/mol. The molecule has 0 bridgehead atoms. The summed E-state index contributed by atoms with van der Waals surface area (Å²) in [6.45, 7) is 0.278. The van der Waals surface area contributed by atoms with E-state index in [4.69, 9.17) is 4.74 Å². The number of methoxy groups -OCH3 is 1. The highest BCUT2D eigenvalue weighted by molar-refractivity contribution is 5.96. The van der Waals surface area contributed by atoms with E-state index < -0.39 is 5.82 Å². The van der Waals surface area contributed by atoms with Crippen molar-refractivity contribution < 1.29 is 18.7 Å². The minimum atomic E-state index is -0.457. The van der Waals surface area contributed by atoms with E-state index in [2.05, 4.69) is 5.32 Å². The van der Waals surface area contributed by atoms with Crippen molar-refractivity contribution in [2.45, 2.75) is 19.4 Å². The minimum Gasteiger partial charge on any atom is -0.494 e. The lowest BCUT2D eigenvalue weighted by Crippen LogP contribution is -2.26. The Hall–Kier alpha value is -2.89. The molecule has 0 aliphatic heterocycles. The third-order valence-electron chi connectivity index (χ3n) is 4.33. The molecule has 1 aliphatic carbocycles. The Bertz CT molecular complexity index is 816. The summed E-state index contributed by atoms with van der Waals surface area (Å²) in [5, 5.41) is 2.84. The molecule has 2 amide bonds. The number of carbonyl (C=O) groups excluding carboxylic acids is 2. The van der Waals surface area contributed by atoms with Crippen LogP contribution in [0.1, 0.15) is 28.8 Å². The standard InChI is InChI=1S/C20H21FN2O3/c1-23(12-13-3-10-18(26-2)17(21)11-13)20(25)15-6-8-16(9-7-15)22-19(24)14-4-5-14/h3,6-11,14H,4-5,12H2,1-2H3,(H,22,24). The van der Waals surface area contributed by atoms with Gasteiger partial charge in [-0.3, -0.25) is 9.59 Å². The maximum Gasteiger partial charge on any atom is 0.253 e. The fraction of sp³-hybridized carbons (Fsp3) is 0.300. The molecule has 6 heteroatoms. The van der Waals surface area contributed by atoms with Crippen LogP contribution < -0.4 is 10.1 Å². The molecule has 0 saturated heterocycles. The third kappa shape index (κ3) is 4.20. The minimum absolute atomic E-state index is 0.0303. The van der Waals surface area contributed by atoms with Crippen LogP contribution in [0.15, 0.2) is 42.5 Å². The number of carbonyl (C=O) groups is 2. The molecule has 2 aromatic rings. The predicted octanol–water partition coefficient (Wildman–Crippen LogP) is 3.46. The van der Waals surface area contributed by atoms with Gasteiger partial charge < -0.3 is 15.0 Å². The molecule has 26 heavy (non-hydrogen) atoms. The molecule has 0 aromatic heterocycles. The third-order valence-corrected chi connectivity index (χ3v) is 4.33. The van der Waals surface area contributed by atoms with Crippen molar-refractivity contribution in [2.24, 2.45) is 5.92 Å². The molecule has 2 aromatic carbocycles. The second kappa shape index (κ2) is 7.56. The fourth-order valence-electron chi connectivity index (χ4n) is 2.66. The predicted molar refractivity (Wildman–Crippen MR) is 96.5 cm³/mol. The van der Waals surface area contributed by atoms with Gasteiger partial charge in [-0.25, -0.2) is 4.39 Å². The first-order chi connectivity index (χ1) is 12.5. The second-order valence-electron chi connectivity index (χ2n) is 6.47. The number of anilines is 1. The number of nitrogens with one attached hydrogen (secondary N) is 1. The highest BCUT2D eigenvalue weighted by Crippen LogP contribution is 2.30. The monoisotopic (exact) mass is 356 g/mol. The number of hydrogen-bond donors (Lipinski definition) is 1. The van der Waals surface area contributed by atoms with E-state index in [1.54, 1.807) is 43.4 Å². The summed E-state index contributed by atoms with van der Waals surface area (Å²) >= 11 is 0. The van der Waals surface area contributed by atoms with Gasteiger partial charge in [0.1, 0.15) is 0 Å². The van der Waals surface area contributed by atoms with Gasteiger partial charge in [0, 0.05) is 30.8 Å². The first-order valence-electron chi connectivity index (χ1n) is 8.46. The molecule has 1 N–H and O–H groups in total. The summed E-state index contributed by atoms with van der Waals surface area (Å²) in [6, 6.07) is 11.4. The zero-order valence-corrected chi connectivity index (χ0v) is 14.8. The maximum absolute atomic E-state index is 13.8. The average Bonchev–Trinajstić information content (AvgIpc) is 3.47. The Balaban J connectivity index is 1.62. The molecule has 1 saturated carbocycles. The number of nitrogens with zero attached hydrogens (tertiary/aromatic N) is 1. The summed E-state index contributed by atoms with van der Waals surface area (Å²) in [7, 11) is 3.07. The van der Waals surface area contributed by atoms with E-state index in [1.165, 1.54) is 18.1 Å². The Kier molecular flexibility index (Phi) is 5.21. The van der Waals surface area contributed by atoms with Crippen LogP contribution in [0.4, 0.5) is 10.1 Å². The normalized spacial score (nSPS) is 13.2. The van der Waals surface area contributed by atoms with E-state index in [0.29, 0.717) is 16.8 Å². The number of amides is 2. The molecule has 5 nitrogen and oxygen atoms in total. The van der Waals surface area contributed by atoms with Crippen LogP contribution in [0.25, 0.3) is 0 Å². The molecule has 3 rings (SSSR count). The van der Waals surface area contributed by atoms with Crippen molar-refractivity contribution in [1.82, 2.24) is 4.90 Å². The van der Waals surface area contributed by atoms with E-state index >= 15 is 0 Å². The summed E-state index contributed by atoms with van der Waals surface area (Å²) in [5.74, 6) is -0.301. The molecule has 136 valence electrons. The quantitative estimate of drug-likeness (QED) is 0.862. The SMILES string of the molecule is COc1ccc(CN(C)C(=O)c2ccc(NC(=O)C3CC3)cc2)cc1F. The summed E-state index contributed by atoms with van der Waals surface area (Å²) in [6.07, 6.45) is 1.89. The summed E-state index contributed by atoms with van der Waals surface area (Å²) in [4.78, 5) is 25.8. The molecule has 0 spiro atoms. The number of halogens is 1. The maximum atomic E-state index is 13.8. The molecule has 0 atom stereocenters. The molecule has 0 radical (unpaired) electrons. The highest BCUT2D eigenvalue weighted by atomic mass is 19.1. The average molecular weight is 356 g/mol. The first kappa shape index (κ1) is 17.9. The van der Waals surface area contributed by atoms with Gasteiger partial charge in [-0.05, 0) is 54.8 Å². The molecule has 1 aliphatic rings. The van der Waals surface area contributed by atoms with Gasteiger partial charge in [0.05, 0.1) is 7.11 Å². The Morgan fingerprint density at radius 2 is 1.88 bits per heavy atom. The van der Waals surface area contributed by atoms with Gasteiger partial charge >= 0.3 is 0 Å².